The highest BCUT2D eigenvalue weighted by molar-refractivity contribution is 6.14. The number of hydrogen-bond donors (Lipinski definition) is 0. The average molecular weight is 1020 g/mol. The second kappa shape index (κ2) is 19.4. The SMILES string of the molecule is N#Cc1cc(C#N)cc(-c2ccc3c(c2)c2cc(-c4cc(C#N)cc(C#N)c4)ccc2n3-c2cc(-c3cccnc3)cc(-n3c4ccc(-c5cc(C#N)cc(C#N)c5)cc4c4cc(-c5cc(C#N)cc(C#N)c5)ccc43)c2C#N)c1. The van der Waals surface area contributed by atoms with Crippen LogP contribution >= 0.6 is 0 Å². The van der Waals surface area contributed by atoms with Gasteiger partial charge in [-0.15, -0.1) is 0 Å². The summed E-state index contributed by atoms with van der Waals surface area (Å²) in [4.78, 5) is 4.50. The number of fused-ring (bicyclic) bond motifs is 6. The number of pyridine rings is 1. The molecular formula is C68H30N12. The molecule has 0 atom stereocenters. The Morgan fingerprint density at radius 1 is 0.263 bits per heavy atom. The van der Waals surface area contributed by atoms with Crippen molar-refractivity contribution in [2.45, 2.75) is 0 Å². The van der Waals surface area contributed by atoms with E-state index in [4.69, 9.17) is 0 Å². The van der Waals surface area contributed by atoms with Gasteiger partial charge in [0.1, 0.15) is 11.6 Å². The molecule has 0 radical (unpaired) electrons. The van der Waals surface area contributed by atoms with Gasteiger partial charge < -0.3 is 9.13 Å². The summed E-state index contributed by atoms with van der Waals surface area (Å²) in [6, 6.07) is 71.3. The molecule has 12 nitrogen and oxygen atoms in total. The monoisotopic (exact) mass is 1010 g/mol. The highest BCUT2D eigenvalue weighted by Crippen LogP contribution is 2.44. The van der Waals surface area contributed by atoms with Crippen molar-refractivity contribution in [1.29, 1.82) is 47.4 Å². The van der Waals surface area contributed by atoms with E-state index in [1.165, 1.54) is 24.3 Å². The van der Waals surface area contributed by atoms with E-state index in [0.717, 1.165) is 77.0 Å². The predicted octanol–water partition coefficient (Wildman–Crippen LogP) is 14.5. The van der Waals surface area contributed by atoms with Crippen LogP contribution in [0.5, 0.6) is 0 Å². The first-order chi connectivity index (χ1) is 39.2. The molecule has 0 aliphatic heterocycles. The van der Waals surface area contributed by atoms with E-state index in [-0.39, 0.29) is 0 Å². The van der Waals surface area contributed by atoms with Gasteiger partial charge in [-0.1, -0.05) is 30.3 Å². The number of hydrogen-bond acceptors (Lipinski definition) is 10. The minimum atomic E-state index is 0.304. The zero-order valence-electron chi connectivity index (χ0n) is 41.7. The van der Waals surface area contributed by atoms with Crippen LogP contribution in [0, 0.1) is 102 Å². The molecule has 0 unspecified atom stereocenters. The third kappa shape index (κ3) is 8.17. The highest BCUT2D eigenvalue weighted by atomic mass is 15.0. The van der Waals surface area contributed by atoms with Gasteiger partial charge in [0, 0.05) is 39.5 Å². The Morgan fingerprint density at radius 2 is 0.537 bits per heavy atom. The topological polar surface area (TPSA) is 237 Å². The van der Waals surface area contributed by atoms with E-state index in [9.17, 15) is 47.4 Å². The number of nitrogens with zero attached hydrogens (tertiary/aromatic N) is 12. The van der Waals surface area contributed by atoms with E-state index in [0.29, 0.717) is 83.7 Å². The lowest BCUT2D eigenvalue weighted by Crippen LogP contribution is -2.05. The van der Waals surface area contributed by atoms with Gasteiger partial charge in [-0.2, -0.15) is 47.4 Å². The Balaban J connectivity index is 1.18. The Hall–Kier alpha value is -12.9. The van der Waals surface area contributed by atoms with Gasteiger partial charge >= 0.3 is 0 Å². The lowest BCUT2D eigenvalue weighted by atomic mass is 9.97. The fourth-order valence-electron chi connectivity index (χ4n) is 10.8. The first kappa shape index (κ1) is 48.1. The van der Waals surface area contributed by atoms with E-state index in [1.54, 1.807) is 60.9 Å². The number of rotatable bonds is 7. The molecule has 12 rings (SSSR count). The van der Waals surface area contributed by atoms with Crippen molar-refractivity contribution in [2.75, 3.05) is 0 Å². The van der Waals surface area contributed by atoms with E-state index in [2.05, 4.69) is 59.6 Å². The molecule has 0 spiro atoms. The summed E-state index contributed by atoms with van der Waals surface area (Å²) in [6.07, 6.45) is 3.45. The first-order valence-corrected chi connectivity index (χ1v) is 24.6. The van der Waals surface area contributed by atoms with Crippen molar-refractivity contribution < 1.29 is 0 Å². The zero-order valence-corrected chi connectivity index (χ0v) is 41.7. The molecule has 0 fully saturated rings. The quantitative estimate of drug-likeness (QED) is 0.146. The third-order valence-corrected chi connectivity index (χ3v) is 14.3. The van der Waals surface area contributed by atoms with E-state index in [1.807, 2.05) is 106 Å². The Bertz CT molecular complexity index is 4440. The molecule has 0 aliphatic carbocycles. The standard InChI is InChI=1S/C68H30N12/c69-30-40-12-41(31-70)17-53(16-40)48-3-7-63-58(24-48)59-25-49(54-18-42(32-71)13-43(19-54)33-72)4-8-64(59)79(63)67-28-57(52-2-1-11-78-39-52)29-68(62(67)38-77)80-65-9-5-50(55-20-44(34-73)14-45(21-55)35-74)26-60(65)61-27-51(6-10-66(61)80)56-22-46(36-75)15-47(23-56)37-76/h1-29,39H. The summed E-state index contributed by atoms with van der Waals surface area (Å²) in [6.45, 7) is 0. The molecule has 3 aromatic heterocycles. The summed E-state index contributed by atoms with van der Waals surface area (Å²) in [7, 11) is 0. The van der Waals surface area contributed by atoms with Gasteiger partial charge in [0.25, 0.3) is 0 Å². The van der Waals surface area contributed by atoms with Crippen LogP contribution in [0.25, 0.3) is 111 Å². The van der Waals surface area contributed by atoms with Crippen LogP contribution in [0.15, 0.2) is 182 Å². The molecule has 0 saturated carbocycles. The Morgan fingerprint density at radius 3 is 0.775 bits per heavy atom. The van der Waals surface area contributed by atoms with Gasteiger partial charge in [-0.3, -0.25) is 4.98 Å². The Labute approximate surface area is 456 Å². The molecule has 0 amide bonds. The van der Waals surface area contributed by atoms with Crippen LogP contribution in [-0.4, -0.2) is 14.1 Å². The van der Waals surface area contributed by atoms with Gasteiger partial charge in [0.15, 0.2) is 0 Å². The van der Waals surface area contributed by atoms with Crippen molar-refractivity contribution in [3.8, 4) is 122 Å². The van der Waals surface area contributed by atoms with Crippen LogP contribution in [0.3, 0.4) is 0 Å². The molecule has 3 heterocycles. The van der Waals surface area contributed by atoms with Crippen LogP contribution in [0.2, 0.25) is 0 Å². The fourth-order valence-corrected chi connectivity index (χ4v) is 10.8. The van der Waals surface area contributed by atoms with Crippen molar-refractivity contribution in [2.24, 2.45) is 0 Å². The Kier molecular flexibility index (Phi) is 11.7. The average Bonchev–Trinajstić information content (AvgIpc) is 4.16. The van der Waals surface area contributed by atoms with Gasteiger partial charge in [-0.25, -0.2) is 0 Å². The van der Waals surface area contributed by atoms with Crippen molar-refractivity contribution in [1.82, 2.24) is 14.1 Å². The van der Waals surface area contributed by atoms with Crippen molar-refractivity contribution in [3.63, 3.8) is 0 Å². The second-order valence-corrected chi connectivity index (χ2v) is 18.9. The largest absolute Gasteiger partial charge is 0.308 e. The summed E-state index contributed by atoms with van der Waals surface area (Å²) in [5.74, 6) is 0. The normalized spacial score (nSPS) is 10.6. The van der Waals surface area contributed by atoms with Crippen LogP contribution in [-0.2, 0) is 0 Å². The van der Waals surface area contributed by atoms with Gasteiger partial charge in [0.05, 0.1) is 127 Å². The van der Waals surface area contributed by atoms with E-state index >= 15 is 0 Å². The lowest BCUT2D eigenvalue weighted by Gasteiger charge is -2.18. The van der Waals surface area contributed by atoms with Gasteiger partial charge in [0.2, 0.25) is 0 Å². The molecule has 0 saturated heterocycles. The number of aromatic nitrogens is 3. The third-order valence-electron chi connectivity index (χ3n) is 14.3. The molecule has 12 heteroatoms. The first-order valence-electron chi connectivity index (χ1n) is 24.6. The molecular weight excluding hydrogens is 985 g/mol. The fraction of sp³-hybridized carbons (Fsp3) is 0. The summed E-state index contributed by atoms with van der Waals surface area (Å²) < 4.78 is 4.10. The molecule has 12 aromatic rings. The number of benzene rings is 9. The van der Waals surface area contributed by atoms with Crippen LogP contribution in [0.1, 0.15) is 50.1 Å². The maximum atomic E-state index is 11.8. The minimum absolute atomic E-state index is 0.304. The lowest BCUT2D eigenvalue weighted by molar-refractivity contribution is 1.12. The summed E-state index contributed by atoms with van der Waals surface area (Å²) >= 11 is 0. The molecule has 80 heavy (non-hydrogen) atoms. The summed E-state index contributed by atoms with van der Waals surface area (Å²) in [5, 5.41) is 94.6. The molecule has 0 aliphatic rings. The molecule has 9 aromatic carbocycles. The molecule has 0 bridgehead atoms. The van der Waals surface area contributed by atoms with Gasteiger partial charge in [-0.05, 0) is 190 Å². The van der Waals surface area contributed by atoms with Crippen LogP contribution < -0.4 is 0 Å². The maximum Gasteiger partial charge on any atom is 0.104 e. The summed E-state index contributed by atoms with van der Waals surface area (Å²) in [5.41, 5.74) is 13.9. The predicted molar refractivity (Wildman–Crippen MR) is 303 cm³/mol. The van der Waals surface area contributed by atoms with Crippen LogP contribution in [0.4, 0.5) is 0 Å². The smallest absolute Gasteiger partial charge is 0.104 e. The highest BCUT2D eigenvalue weighted by Gasteiger charge is 2.25. The zero-order chi connectivity index (χ0) is 55.2. The second-order valence-electron chi connectivity index (χ2n) is 18.9. The molecule has 0 N–H and O–H groups in total. The number of nitriles is 9. The van der Waals surface area contributed by atoms with E-state index < -0.39 is 0 Å². The van der Waals surface area contributed by atoms with Crippen molar-refractivity contribution >= 4 is 43.6 Å². The molecule has 362 valence electrons. The van der Waals surface area contributed by atoms with Crippen molar-refractivity contribution in [3.05, 3.63) is 232 Å². The maximum absolute atomic E-state index is 11.8. The minimum Gasteiger partial charge on any atom is -0.308 e.